The fourth-order valence-corrected chi connectivity index (χ4v) is 0.641. The molecule has 4 nitrogen and oxygen atoms in total. The van der Waals surface area contributed by atoms with Crippen LogP contribution in [0.25, 0.3) is 0 Å². The molecular formula is C8H18N2O2. The fourth-order valence-electron chi connectivity index (χ4n) is 0.641. The first-order chi connectivity index (χ1) is 5.42. The van der Waals surface area contributed by atoms with Gasteiger partial charge in [0, 0.05) is 6.54 Å². The summed E-state index contributed by atoms with van der Waals surface area (Å²) in [5, 5.41) is 2.86. The highest BCUT2D eigenvalue weighted by Gasteiger charge is 2.08. The van der Waals surface area contributed by atoms with Gasteiger partial charge in [-0.25, -0.2) is 0 Å². The van der Waals surface area contributed by atoms with Gasteiger partial charge in [-0.15, -0.1) is 0 Å². The molecule has 0 saturated carbocycles. The molecule has 0 aromatic heterocycles. The Morgan fingerprint density at radius 3 is 2.50 bits per heavy atom. The standard InChI is InChI=1S/C8H18N2O2/c1-8(2,3)12-5-4-10-6-7(9)11/h10H,4-6H2,1-3H3,(H2,9,11). The van der Waals surface area contributed by atoms with Crippen LogP contribution in [0.1, 0.15) is 20.8 Å². The van der Waals surface area contributed by atoms with Crippen LogP contribution in [0.4, 0.5) is 0 Å². The van der Waals surface area contributed by atoms with E-state index in [1.54, 1.807) is 0 Å². The molecule has 0 fully saturated rings. The number of carbonyl (C=O) groups excluding carboxylic acids is 1. The lowest BCUT2D eigenvalue weighted by Gasteiger charge is -2.19. The van der Waals surface area contributed by atoms with E-state index in [-0.39, 0.29) is 18.1 Å². The molecule has 72 valence electrons. The number of nitrogens with one attached hydrogen (secondary N) is 1. The molecule has 0 aromatic carbocycles. The van der Waals surface area contributed by atoms with Crippen molar-refractivity contribution in [3.8, 4) is 0 Å². The first kappa shape index (κ1) is 11.4. The number of hydrogen-bond donors (Lipinski definition) is 2. The second-order valence-corrected chi connectivity index (χ2v) is 3.60. The molecule has 0 spiro atoms. The molecule has 0 aromatic rings. The quantitative estimate of drug-likeness (QED) is 0.571. The number of nitrogens with two attached hydrogens (primary N) is 1. The lowest BCUT2D eigenvalue weighted by molar-refractivity contribution is -0.117. The van der Waals surface area contributed by atoms with Crippen molar-refractivity contribution in [2.24, 2.45) is 5.73 Å². The second kappa shape index (κ2) is 5.11. The Hall–Kier alpha value is -0.610. The molecule has 1 amide bonds. The molecule has 0 aliphatic carbocycles. The van der Waals surface area contributed by atoms with Crippen LogP contribution in [0.2, 0.25) is 0 Å². The topological polar surface area (TPSA) is 64.3 Å². The van der Waals surface area contributed by atoms with Gasteiger partial charge in [-0.2, -0.15) is 0 Å². The zero-order chi connectivity index (χ0) is 9.61. The Bertz CT molecular complexity index is 140. The Morgan fingerprint density at radius 1 is 1.50 bits per heavy atom. The molecule has 12 heavy (non-hydrogen) atoms. The Balaban J connectivity index is 3.17. The fraction of sp³-hybridized carbons (Fsp3) is 0.875. The van der Waals surface area contributed by atoms with Crippen molar-refractivity contribution in [3.05, 3.63) is 0 Å². The number of hydrogen-bond acceptors (Lipinski definition) is 3. The molecule has 0 unspecified atom stereocenters. The van der Waals surface area contributed by atoms with E-state index in [0.29, 0.717) is 13.2 Å². The van der Waals surface area contributed by atoms with Gasteiger partial charge < -0.3 is 15.8 Å². The van der Waals surface area contributed by atoms with Gasteiger partial charge in [0.2, 0.25) is 5.91 Å². The van der Waals surface area contributed by atoms with E-state index in [1.807, 2.05) is 20.8 Å². The first-order valence-electron chi connectivity index (χ1n) is 4.05. The van der Waals surface area contributed by atoms with Crippen molar-refractivity contribution in [1.82, 2.24) is 5.32 Å². The average molecular weight is 174 g/mol. The van der Waals surface area contributed by atoms with Crippen LogP contribution in [0.3, 0.4) is 0 Å². The summed E-state index contributed by atoms with van der Waals surface area (Å²) in [6, 6.07) is 0. The molecule has 3 N–H and O–H groups in total. The monoisotopic (exact) mass is 174 g/mol. The highest BCUT2D eigenvalue weighted by molar-refractivity contribution is 5.75. The van der Waals surface area contributed by atoms with E-state index < -0.39 is 0 Å². The molecule has 0 heterocycles. The van der Waals surface area contributed by atoms with E-state index in [2.05, 4.69) is 5.32 Å². The van der Waals surface area contributed by atoms with Crippen LogP contribution in [-0.4, -0.2) is 31.2 Å². The highest BCUT2D eigenvalue weighted by atomic mass is 16.5. The van der Waals surface area contributed by atoms with Crippen molar-refractivity contribution in [3.63, 3.8) is 0 Å². The zero-order valence-electron chi connectivity index (χ0n) is 8.02. The largest absolute Gasteiger partial charge is 0.375 e. The highest BCUT2D eigenvalue weighted by Crippen LogP contribution is 2.04. The van der Waals surface area contributed by atoms with Crippen LogP contribution in [0, 0.1) is 0 Å². The van der Waals surface area contributed by atoms with Crippen LogP contribution < -0.4 is 11.1 Å². The number of primary amides is 1. The van der Waals surface area contributed by atoms with Crippen molar-refractivity contribution < 1.29 is 9.53 Å². The van der Waals surface area contributed by atoms with Gasteiger partial charge in [0.05, 0.1) is 18.8 Å². The Labute approximate surface area is 73.5 Å². The summed E-state index contributed by atoms with van der Waals surface area (Å²) in [4.78, 5) is 10.3. The summed E-state index contributed by atoms with van der Waals surface area (Å²) in [5.41, 5.74) is 4.80. The second-order valence-electron chi connectivity index (χ2n) is 3.60. The van der Waals surface area contributed by atoms with E-state index in [9.17, 15) is 4.79 Å². The number of carbonyl (C=O) groups is 1. The minimum atomic E-state index is -0.342. The van der Waals surface area contributed by atoms with E-state index in [4.69, 9.17) is 10.5 Å². The first-order valence-corrected chi connectivity index (χ1v) is 4.05. The van der Waals surface area contributed by atoms with Crippen molar-refractivity contribution >= 4 is 5.91 Å². The van der Waals surface area contributed by atoms with E-state index >= 15 is 0 Å². The summed E-state index contributed by atoms with van der Waals surface area (Å²) in [7, 11) is 0. The number of amides is 1. The molecule has 0 atom stereocenters. The maximum Gasteiger partial charge on any atom is 0.231 e. The van der Waals surface area contributed by atoms with Gasteiger partial charge in [-0.3, -0.25) is 4.79 Å². The van der Waals surface area contributed by atoms with Crippen molar-refractivity contribution in [2.75, 3.05) is 19.7 Å². The maximum atomic E-state index is 10.3. The Kier molecular flexibility index (Phi) is 4.85. The number of rotatable bonds is 5. The average Bonchev–Trinajstić information content (AvgIpc) is 1.83. The van der Waals surface area contributed by atoms with Crippen LogP contribution >= 0.6 is 0 Å². The van der Waals surface area contributed by atoms with Crippen LogP contribution in [0.15, 0.2) is 0 Å². The van der Waals surface area contributed by atoms with Gasteiger partial charge in [0.1, 0.15) is 0 Å². The SMILES string of the molecule is CC(C)(C)OCCNCC(N)=O. The van der Waals surface area contributed by atoms with Gasteiger partial charge in [0.25, 0.3) is 0 Å². The third-order valence-electron chi connectivity index (χ3n) is 1.11. The van der Waals surface area contributed by atoms with Crippen molar-refractivity contribution in [1.29, 1.82) is 0 Å². The molecular weight excluding hydrogens is 156 g/mol. The maximum absolute atomic E-state index is 10.3. The predicted molar refractivity (Wildman–Crippen MR) is 47.8 cm³/mol. The molecule has 0 saturated heterocycles. The predicted octanol–water partition coefficient (Wildman–Crippen LogP) is -0.124. The van der Waals surface area contributed by atoms with Crippen LogP contribution in [0.5, 0.6) is 0 Å². The molecule has 0 rings (SSSR count). The molecule has 4 heteroatoms. The van der Waals surface area contributed by atoms with Gasteiger partial charge in [0.15, 0.2) is 0 Å². The third kappa shape index (κ3) is 9.39. The third-order valence-corrected chi connectivity index (χ3v) is 1.11. The summed E-state index contributed by atoms with van der Waals surface area (Å²) < 4.78 is 5.40. The summed E-state index contributed by atoms with van der Waals surface area (Å²) in [6.07, 6.45) is 0. The Morgan fingerprint density at radius 2 is 2.08 bits per heavy atom. The van der Waals surface area contributed by atoms with Gasteiger partial charge >= 0.3 is 0 Å². The number of ether oxygens (including phenoxy) is 1. The van der Waals surface area contributed by atoms with Crippen molar-refractivity contribution in [2.45, 2.75) is 26.4 Å². The molecule has 0 aliphatic rings. The van der Waals surface area contributed by atoms with E-state index in [1.165, 1.54) is 0 Å². The molecule has 0 bridgehead atoms. The van der Waals surface area contributed by atoms with Crippen LogP contribution in [-0.2, 0) is 9.53 Å². The van der Waals surface area contributed by atoms with E-state index in [0.717, 1.165) is 0 Å². The zero-order valence-corrected chi connectivity index (χ0v) is 8.02. The summed E-state index contributed by atoms with van der Waals surface area (Å²) >= 11 is 0. The lowest BCUT2D eigenvalue weighted by atomic mass is 10.2. The molecule has 0 aliphatic heterocycles. The van der Waals surface area contributed by atoms with Gasteiger partial charge in [-0.05, 0) is 20.8 Å². The van der Waals surface area contributed by atoms with Gasteiger partial charge in [-0.1, -0.05) is 0 Å². The summed E-state index contributed by atoms with van der Waals surface area (Å²) in [5.74, 6) is -0.342. The normalized spacial score (nSPS) is 11.6. The minimum Gasteiger partial charge on any atom is -0.375 e. The summed E-state index contributed by atoms with van der Waals surface area (Å²) in [6.45, 7) is 7.42. The lowest BCUT2D eigenvalue weighted by Crippen LogP contribution is -2.32. The molecule has 0 radical (unpaired) electrons. The minimum absolute atomic E-state index is 0.117. The smallest absolute Gasteiger partial charge is 0.231 e.